The number of thiophene rings is 1. The molecule has 1 heterocycles. The fraction of sp³-hybridized carbons (Fsp3) is 0.667. The SMILES string of the molecule is CSCCN(C)S(=O)(=O)c1csc(CNC2CC2)c1. The van der Waals surface area contributed by atoms with E-state index in [1.165, 1.54) is 28.5 Å². The van der Waals surface area contributed by atoms with Crippen LogP contribution in [0.5, 0.6) is 0 Å². The minimum atomic E-state index is -3.31. The lowest BCUT2D eigenvalue weighted by Crippen LogP contribution is -2.28. The lowest BCUT2D eigenvalue weighted by atomic mass is 10.4. The zero-order chi connectivity index (χ0) is 13.9. The maximum Gasteiger partial charge on any atom is 0.243 e. The second-order valence-corrected chi connectivity index (χ2v) is 8.75. The van der Waals surface area contributed by atoms with Gasteiger partial charge in [-0.2, -0.15) is 11.8 Å². The van der Waals surface area contributed by atoms with Crippen molar-refractivity contribution in [3.63, 3.8) is 0 Å². The summed E-state index contributed by atoms with van der Waals surface area (Å²) < 4.78 is 26.0. The van der Waals surface area contributed by atoms with Gasteiger partial charge in [-0.1, -0.05) is 0 Å². The molecule has 0 spiro atoms. The predicted octanol–water partition coefficient (Wildman–Crippen LogP) is 1.98. The monoisotopic (exact) mass is 320 g/mol. The number of hydrogen-bond acceptors (Lipinski definition) is 5. The van der Waals surface area contributed by atoms with E-state index in [2.05, 4.69) is 5.32 Å². The van der Waals surface area contributed by atoms with E-state index in [9.17, 15) is 8.42 Å². The van der Waals surface area contributed by atoms with Crippen LogP contribution in [0.1, 0.15) is 17.7 Å². The van der Waals surface area contributed by atoms with Crippen molar-refractivity contribution in [1.29, 1.82) is 0 Å². The Hall–Kier alpha value is -0.0800. The molecular weight excluding hydrogens is 300 g/mol. The number of nitrogens with zero attached hydrogens (tertiary/aromatic N) is 1. The van der Waals surface area contributed by atoms with Gasteiger partial charge in [0.15, 0.2) is 0 Å². The van der Waals surface area contributed by atoms with Crippen molar-refractivity contribution in [2.45, 2.75) is 30.3 Å². The van der Waals surface area contributed by atoms with Crippen LogP contribution in [0.2, 0.25) is 0 Å². The fourth-order valence-electron chi connectivity index (χ4n) is 1.64. The molecule has 0 unspecified atom stereocenters. The number of rotatable bonds is 8. The lowest BCUT2D eigenvalue weighted by Gasteiger charge is -2.15. The summed E-state index contributed by atoms with van der Waals surface area (Å²) in [4.78, 5) is 1.51. The number of sulfonamides is 1. The Morgan fingerprint density at radius 1 is 1.53 bits per heavy atom. The molecule has 19 heavy (non-hydrogen) atoms. The summed E-state index contributed by atoms with van der Waals surface area (Å²) in [5.74, 6) is 0.815. The molecule has 2 rings (SSSR count). The summed E-state index contributed by atoms with van der Waals surface area (Å²) in [6.07, 6.45) is 4.47. The maximum absolute atomic E-state index is 12.3. The molecule has 108 valence electrons. The molecule has 0 atom stereocenters. The molecule has 7 heteroatoms. The highest BCUT2D eigenvalue weighted by Crippen LogP contribution is 2.24. The van der Waals surface area contributed by atoms with Crippen molar-refractivity contribution in [2.24, 2.45) is 0 Å². The van der Waals surface area contributed by atoms with Crippen LogP contribution in [-0.4, -0.2) is 44.4 Å². The zero-order valence-corrected chi connectivity index (χ0v) is 13.7. The highest BCUT2D eigenvalue weighted by atomic mass is 32.2. The van der Waals surface area contributed by atoms with Gasteiger partial charge in [-0.05, 0) is 25.2 Å². The van der Waals surface area contributed by atoms with Gasteiger partial charge in [0.1, 0.15) is 0 Å². The third-order valence-electron chi connectivity index (χ3n) is 3.09. The average Bonchev–Trinajstić information content (AvgIpc) is 3.09. The normalized spacial score (nSPS) is 16.2. The summed E-state index contributed by atoms with van der Waals surface area (Å²) >= 11 is 3.17. The minimum absolute atomic E-state index is 0.425. The van der Waals surface area contributed by atoms with Gasteiger partial charge in [-0.25, -0.2) is 12.7 Å². The van der Waals surface area contributed by atoms with Gasteiger partial charge < -0.3 is 5.32 Å². The number of hydrogen-bond donors (Lipinski definition) is 1. The van der Waals surface area contributed by atoms with Gasteiger partial charge in [-0.15, -0.1) is 11.3 Å². The summed E-state index contributed by atoms with van der Waals surface area (Å²) in [6.45, 7) is 1.33. The maximum atomic E-state index is 12.3. The molecule has 1 N–H and O–H groups in total. The van der Waals surface area contributed by atoms with Crippen LogP contribution in [0.15, 0.2) is 16.3 Å². The van der Waals surface area contributed by atoms with Crippen molar-refractivity contribution in [1.82, 2.24) is 9.62 Å². The van der Waals surface area contributed by atoms with Gasteiger partial charge in [-0.3, -0.25) is 0 Å². The quantitative estimate of drug-likeness (QED) is 0.796. The van der Waals surface area contributed by atoms with E-state index < -0.39 is 10.0 Å². The summed E-state index contributed by atoms with van der Waals surface area (Å²) in [7, 11) is -1.67. The smallest absolute Gasteiger partial charge is 0.243 e. The highest BCUT2D eigenvalue weighted by molar-refractivity contribution is 7.98. The van der Waals surface area contributed by atoms with Gasteiger partial charge in [0, 0.05) is 42.2 Å². The van der Waals surface area contributed by atoms with Gasteiger partial charge in [0.2, 0.25) is 10.0 Å². The standard InChI is InChI=1S/C12H20N2O2S3/c1-14(5-6-17-2)19(15,16)12-7-11(18-9-12)8-13-10-3-4-10/h7,9-10,13H,3-6,8H2,1-2H3. The topological polar surface area (TPSA) is 49.4 Å². The van der Waals surface area contributed by atoms with Crippen LogP contribution in [0.3, 0.4) is 0 Å². The molecule has 0 saturated heterocycles. The first-order valence-corrected chi connectivity index (χ1v) is 10.0. The first kappa shape index (κ1) is 15.3. The summed E-state index contributed by atoms with van der Waals surface area (Å²) in [5.41, 5.74) is 0. The molecule has 1 fully saturated rings. The van der Waals surface area contributed by atoms with Crippen LogP contribution in [0.25, 0.3) is 0 Å². The molecule has 0 amide bonds. The third kappa shape index (κ3) is 4.19. The molecule has 0 bridgehead atoms. The molecule has 1 aromatic rings. The molecule has 0 aliphatic heterocycles. The van der Waals surface area contributed by atoms with E-state index in [4.69, 9.17) is 0 Å². The molecule has 1 saturated carbocycles. The molecule has 0 aromatic carbocycles. The van der Waals surface area contributed by atoms with Gasteiger partial charge in [0.25, 0.3) is 0 Å². The summed E-state index contributed by atoms with van der Waals surface area (Å²) in [5, 5.41) is 5.14. The van der Waals surface area contributed by atoms with Crippen molar-refractivity contribution < 1.29 is 8.42 Å². The zero-order valence-electron chi connectivity index (χ0n) is 11.3. The van der Waals surface area contributed by atoms with Crippen LogP contribution >= 0.6 is 23.1 Å². The molecule has 0 radical (unpaired) electrons. The third-order valence-corrected chi connectivity index (χ3v) is 6.60. The van der Waals surface area contributed by atoms with E-state index in [0.717, 1.165) is 17.2 Å². The number of nitrogens with one attached hydrogen (secondary N) is 1. The highest BCUT2D eigenvalue weighted by Gasteiger charge is 2.23. The Morgan fingerprint density at radius 3 is 2.89 bits per heavy atom. The van der Waals surface area contributed by atoms with Crippen LogP contribution in [-0.2, 0) is 16.6 Å². The second-order valence-electron chi connectivity index (χ2n) is 4.72. The molecule has 1 aromatic heterocycles. The first-order valence-electron chi connectivity index (χ1n) is 6.30. The van der Waals surface area contributed by atoms with E-state index in [-0.39, 0.29) is 0 Å². The van der Waals surface area contributed by atoms with Crippen LogP contribution < -0.4 is 5.32 Å². The Bertz CT molecular complexity index is 509. The minimum Gasteiger partial charge on any atom is -0.309 e. The van der Waals surface area contributed by atoms with Crippen molar-refractivity contribution in [3.05, 3.63) is 16.3 Å². The second kappa shape index (κ2) is 6.58. The van der Waals surface area contributed by atoms with E-state index >= 15 is 0 Å². The molecule has 1 aliphatic rings. The first-order chi connectivity index (χ1) is 9.04. The van der Waals surface area contributed by atoms with Crippen molar-refractivity contribution >= 4 is 33.1 Å². The van der Waals surface area contributed by atoms with E-state index in [0.29, 0.717) is 17.5 Å². The fourth-order valence-corrected chi connectivity index (χ4v) is 4.60. The van der Waals surface area contributed by atoms with Crippen molar-refractivity contribution in [3.8, 4) is 0 Å². The Balaban J connectivity index is 1.98. The average molecular weight is 321 g/mol. The Morgan fingerprint density at radius 2 is 2.26 bits per heavy atom. The number of thioether (sulfide) groups is 1. The summed E-state index contributed by atoms with van der Waals surface area (Å²) in [6, 6.07) is 2.44. The van der Waals surface area contributed by atoms with E-state index in [1.54, 1.807) is 30.3 Å². The van der Waals surface area contributed by atoms with Crippen LogP contribution in [0, 0.1) is 0 Å². The molecule has 4 nitrogen and oxygen atoms in total. The predicted molar refractivity (Wildman–Crippen MR) is 82.4 cm³/mol. The van der Waals surface area contributed by atoms with E-state index in [1.807, 2.05) is 6.26 Å². The molecular formula is C12H20N2O2S3. The van der Waals surface area contributed by atoms with Gasteiger partial charge >= 0.3 is 0 Å². The Kier molecular flexibility index (Phi) is 5.30. The van der Waals surface area contributed by atoms with Crippen molar-refractivity contribution in [2.75, 3.05) is 25.6 Å². The van der Waals surface area contributed by atoms with Gasteiger partial charge in [0.05, 0.1) is 4.90 Å². The van der Waals surface area contributed by atoms with Crippen LogP contribution in [0.4, 0.5) is 0 Å². The largest absolute Gasteiger partial charge is 0.309 e. The Labute approximate surface area is 123 Å². The molecule has 1 aliphatic carbocycles. The lowest BCUT2D eigenvalue weighted by molar-refractivity contribution is 0.489.